The van der Waals surface area contributed by atoms with Crippen LogP contribution in [0.4, 0.5) is 0 Å². The van der Waals surface area contributed by atoms with Crippen molar-refractivity contribution in [3.8, 4) is 0 Å². The van der Waals surface area contributed by atoms with Crippen LogP contribution in [0.25, 0.3) is 0 Å². The summed E-state index contributed by atoms with van der Waals surface area (Å²) in [7, 11) is -1.27. The molecule has 0 unspecified atom stereocenters. The molecule has 0 heterocycles. The molecule has 136 valence electrons. The molecule has 0 saturated heterocycles. The first-order valence-corrected chi connectivity index (χ1v) is 10.4. The van der Waals surface area contributed by atoms with E-state index < -0.39 is 9.84 Å². The molecule has 0 atom stereocenters. The maximum atomic E-state index is 11.3. The van der Waals surface area contributed by atoms with Crippen LogP contribution in [0.15, 0.2) is 23.2 Å². The maximum absolute atomic E-state index is 11.3. The van der Waals surface area contributed by atoms with Crippen molar-refractivity contribution in [2.24, 2.45) is 10.4 Å². The SMILES string of the molecule is CN=C(NCc1ccc(Cl)cc1Cl)NCC(C)(C)CCS(C)(=O)=O. The van der Waals surface area contributed by atoms with Gasteiger partial charge in [0, 0.05) is 36.4 Å². The lowest BCUT2D eigenvalue weighted by atomic mass is 9.90. The molecule has 0 aliphatic rings. The Balaban J connectivity index is 2.53. The van der Waals surface area contributed by atoms with Crippen molar-refractivity contribution >= 4 is 39.0 Å². The summed E-state index contributed by atoms with van der Waals surface area (Å²) in [5.74, 6) is 0.808. The molecule has 1 rings (SSSR count). The van der Waals surface area contributed by atoms with Crippen molar-refractivity contribution in [3.63, 3.8) is 0 Å². The fraction of sp³-hybridized carbons (Fsp3) is 0.562. The molecule has 24 heavy (non-hydrogen) atoms. The molecule has 0 saturated carbocycles. The van der Waals surface area contributed by atoms with Gasteiger partial charge in [-0.15, -0.1) is 0 Å². The number of rotatable bonds is 7. The molecule has 2 N–H and O–H groups in total. The molecular formula is C16H25Cl2N3O2S. The molecule has 1 aromatic carbocycles. The van der Waals surface area contributed by atoms with E-state index in [2.05, 4.69) is 15.6 Å². The molecule has 0 aliphatic heterocycles. The van der Waals surface area contributed by atoms with Crippen molar-refractivity contribution < 1.29 is 8.42 Å². The summed E-state index contributed by atoms with van der Waals surface area (Å²) in [5.41, 5.74) is 0.749. The van der Waals surface area contributed by atoms with Gasteiger partial charge >= 0.3 is 0 Å². The van der Waals surface area contributed by atoms with E-state index in [9.17, 15) is 8.42 Å². The zero-order valence-electron chi connectivity index (χ0n) is 14.5. The average molecular weight is 394 g/mol. The minimum absolute atomic E-state index is 0.168. The van der Waals surface area contributed by atoms with Gasteiger partial charge in [-0.1, -0.05) is 43.1 Å². The van der Waals surface area contributed by atoms with E-state index in [1.54, 1.807) is 19.2 Å². The van der Waals surface area contributed by atoms with Gasteiger partial charge in [0.05, 0.1) is 5.75 Å². The molecule has 0 fully saturated rings. The first-order valence-electron chi connectivity index (χ1n) is 7.58. The fourth-order valence-corrected chi connectivity index (χ4v) is 3.34. The number of hydrogen-bond acceptors (Lipinski definition) is 3. The van der Waals surface area contributed by atoms with Gasteiger partial charge in [-0.2, -0.15) is 0 Å². The highest BCUT2D eigenvalue weighted by molar-refractivity contribution is 7.90. The first kappa shape index (κ1) is 21.1. The summed E-state index contributed by atoms with van der Waals surface area (Å²) in [6.45, 7) is 5.17. The lowest BCUT2D eigenvalue weighted by Gasteiger charge is -2.25. The minimum atomic E-state index is -2.96. The number of guanidine groups is 1. The van der Waals surface area contributed by atoms with Gasteiger partial charge in [-0.3, -0.25) is 4.99 Å². The van der Waals surface area contributed by atoms with Crippen LogP contribution >= 0.6 is 23.2 Å². The molecule has 0 aliphatic carbocycles. The normalized spacial score (nSPS) is 13.0. The van der Waals surface area contributed by atoms with Gasteiger partial charge in [-0.25, -0.2) is 8.42 Å². The summed E-state index contributed by atoms with van der Waals surface area (Å²) < 4.78 is 22.6. The number of aliphatic imine (C=N–C) groups is 1. The molecule has 0 radical (unpaired) electrons. The Morgan fingerprint density at radius 1 is 1.25 bits per heavy atom. The summed E-state index contributed by atoms with van der Waals surface area (Å²) in [6, 6.07) is 5.35. The third kappa shape index (κ3) is 8.22. The van der Waals surface area contributed by atoms with Crippen LogP contribution in [-0.2, 0) is 16.4 Å². The first-order chi connectivity index (χ1) is 11.0. The molecule has 0 aromatic heterocycles. The molecule has 8 heteroatoms. The highest BCUT2D eigenvalue weighted by Gasteiger charge is 2.20. The Hall–Kier alpha value is -0.980. The van der Waals surface area contributed by atoms with E-state index in [0.717, 1.165) is 5.56 Å². The van der Waals surface area contributed by atoms with Crippen molar-refractivity contribution in [2.75, 3.05) is 25.6 Å². The molecule has 0 spiro atoms. The minimum Gasteiger partial charge on any atom is -0.356 e. The summed E-state index contributed by atoms with van der Waals surface area (Å²) >= 11 is 12.0. The largest absolute Gasteiger partial charge is 0.356 e. The number of sulfone groups is 1. The predicted molar refractivity (Wildman–Crippen MR) is 103 cm³/mol. The highest BCUT2D eigenvalue weighted by atomic mass is 35.5. The Morgan fingerprint density at radius 3 is 2.46 bits per heavy atom. The zero-order valence-corrected chi connectivity index (χ0v) is 16.8. The van der Waals surface area contributed by atoms with Crippen LogP contribution in [0.1, 0.15) is 25.8 Å². The molecule has 0 amide bonds. The zero-order chi connectivity index (χ0) is 18.4. The molecule has 5 nitrogen and oxygen atoms in total. The van der Waals surface area contributed by atoms with Gasteiger partial charge in [-0.05, 0) is 29.5 Å². The van der Waals surface area contributed by atoms with Crippen LogP contribution in [-0.4, -0.2) is 40.0 Å². The lowest BCUT2D eigenvalue weighted by molar-refractivity contribution is 0.348. The van der Waals surface area contributed by atoms with Crippen LogP contribution in [0, 0.1) is 5.41 Å². The van der Waals surface area contributed by atoms with E-state index in [0.29, 0.717) is 35.5 Å². The smallest absolute Gasteiger partial charge is 0.191 e. The third-order valence-corrected chi connectivity index (χ3v) is 5.10. The maximum Gasteiger partial charge on any atom is 0.191 e. The number of halogens is 2. The van der Waals surface area contributed by atoms with Crippen LogP contribution < -0.4 is 10.6 Å². The number of nitrogens with zero attached hydrogens (tertiary/aromatic N) is 1. The Labute approximate surface area is 154 Å². The van der Waals surface area contributed by atoms with E-state index >= 15 is 0 Å². The van der Waals surface area contributed by atoms with Gasteiger partial charge in [0.25, 0.3) is 0 Å². The third-order valence-electron chi connectivity index (χ3n) is 3.57. The lowest BCUT2D eigenvalue weighted by Crippen LogP contribution is -2.42. The van der Waals surface area contributed by atoms with Crippen LogP contribution in [0.3, 0.4) is 0 Å². The summed E-state index contributed by atoms with van der Waals surface area (Å²) in [4.78, 5) is 4.17. The second-order valence-corrected chi connectivity index (χ2v) is 9.66. The fourth-order valence-electron chi connectivity index (χ4n) is 1.94. The Kier molecular flexibility index (Phi) is 7.83. The van der Waals surface area contributed by atoms with E-state index in [-0.39, 0.29) is 11.2 Å². The van der Waals surface area contributed by atoms with Gasteiger partial charge < -0.3 is 10.6 Å². The standard InChI is InChI=1S/C16H25Cl2N3O2S/c1-16(2,7-8-24(4,22)23)11-21-15(19-3)20-10-12-5-6-13(17)9-14(12)18/h5-6,9H,7-8,10-11H2,1-4H3,(H2,19,20,21). The van der Waals surface area contributed by atoms with E-state index in [4.69, 9.17) is 23.2 Å². The Bertz CT molecular complexity index is 689. The van der Waals surface area contributed by atoms with Gasteiger partial charge in [0.15, 0.2) is 5.96 Å². The molecular weight excluding hydrogens is 369 g/mol. The van der Waals surface area contributed by atoms with E-state index in [1.165, 1.54) is 6.26 Å². The highest BCUT2D eigenvalue weighted by Crippen LogP contribution is 2.21. The van der Waals surface area contributed by atoms with Crippen molar-refractivity contribution in [1.82, 2.24) is 10.6 Å². The van der Waals surface area contributed by atoms with Crippen molar-refractivity contribution in [3.05, 3.63) is 33.8 Å². The van der Waals surface area contributed by atoms with Crippen molar-refractivity contribution in [1.29, 1.82) is 0 Å². The van der Waals surface area contributed by atoms with Gasteiger partial charge in [0.1, 0.15) is 9.84 Å². The Morgan fingerprint density at radius 2 is 1.92 bits per heavy atom. The average Bonchev–Trinajstić information content (AvgIpc) is 2.46. The quantitative estimate of drug-likeness (QED) is 0.551. The summed E-state index contributed by atoms with van der Waals surface area (Å²) in [5, 5.41) is 7.60. The monoisotopic (exact) mass is 393 g/mol. The number of hydrogen-bond donors (Lipinski definition) is 2. The summed E-state index contributed by atoms with van der Waals surface area (Å²) in [6.07, 6.45) is 1.84. The topological polar surface area (TPSA) is 70.6 Å². The van der Waals surface area contributed by atoms with Crippen molar-refractivity contribution in [2.45, 2.75) is 26.8 Å². The second kappa shape index (κ2) is 8.92. The second-order valence-electron chi connectivity index (χ2n) is 6.56. The van der Waals surface area contributed by atoms with Crippen LogP contribution in [0.5, 0.6) is 0 Å². The predicted octanol–water partition coefficient (Wildman–Crippen LogP) is 3.12. The van der Waals surface area contributed by atoms with Gasteiger partial charge in [0.2, 0.25) is 0 Å². The van der Waals surface area contributed by atoms with Crippen LogP contribution in [0.2, 0.25) is 10.0 Å². The molecule has 0 bridgehead atoms. The van der Waals surface area contributed by atoms with E-state index in [1.807, 2.05) is 19.9 Å². The molecule has 1 aromatic rings. The number of benzene rings is 1. The number of nitrogens with one attached hydrogen (secondary N) is 2.